The van der Waals surface area contributed by atoms with Crippen molar-refractivity contribution in [3.63, 3.8) is 0 Å². The molecule has 0 unspecified atom stereocenters. The maximum absolute atomic E-state index is 12.3. The molecule has 0 saturated heterocycles. The van der Waals surface area contributed by atoms with Gasteiger partial charge >= 0.3 is 5.97 Å². The predicted octanol–water partition coefficient (Wildman–Crippen LogP) is 1.71. The van der Waals surface area contributed by atoms with Gasteiger partial charge in [0.15, 0.2) is 0 Å². The van der Waals surface area contributed by atoms with E-state index in [2.05, 4.69) is 4.74 Å². The summed E-state index contributed by atoms with van der Waals surface area (Å²) in [7, 11) is 2.92. The number of thiophene rings is 1. The monoisotopic (exact) mass is 285 g/mol. The Bertz CT molecular complexity index is 430. The topological polar surface area (TPSA) is 55.8 Å². The Hall–Kier alpha value is -1.40. The summed E-state index contributed by atoms with van der Waals surface area (Å²) in [5, 5.41) is 0. The Morgan fingerprint density at radius 3 is 2.53 bits per heavy atom. The third-order valence-corrected chi connectivity index (χ3v) is 3.61. The first kappa shape index (κ1) is 15.7. The zero-order chi connectivity index (χ0) is 14.3. The molecule has 5 nitrogen and oxygen atoms in total. The standard InChI is InChI=1S/C13H19NO4S/c1-10-4-5-11(19-10)13(16)14(8-9-17-2)7-6-12(15)18-3/h4-5H,6-9H2,1-3H3. The minimum Gasteiger partial charge on any atom is -0.469 e. The number of hydrogen-bond donors (Lipinski definition) is 0. The van der Waals surface area contributed by atoms with Crippen LogP contribution in [0.4, 0.5) is 0 Å². The van der Waals surface area contributed by atoms with E-state index < -0.39 is 0 Å². The van der Waals surface area contributed by atoms with Crippen molar-refractivity contribution in [2.45, 2.75) is 13.3 Å². The number of carbonyl (C=O) groups is 2. The molecule has 0 aromatic carbocycles. The molecular formula is C13H19NO4S. The molecule has 19 heavy (non-hydrogen) atoms. The number of methoxy groups -OCH3 is 2. The van der Waals surface area contributed by atoms with Crippen LogP contribution in [0.1, 0.15) is 21.0 Å². The zero-order valence-corrected chi connectivity index (χ0v) is 12.3. The van der Waals surface area contributed by atoms with Gasteiger partial charge in [-0.1, -0.05) is 0 Å². The van der Waals surface area contributed by atoms with Gasteiger partial charge in [-0.25, -0.2) is 0 Å². The van der Waals surface area contributed by atoms with E-state index in [1.54, 1.807) is 18.1 Å². The van der Waals surface area contributed by atoms with Gasteiger partial charge in [-0.05, 0) is 19.1 Å². The molecule has 0 aliphatic carbocycles. The van der Waals surface area contributed by atoms with Crippen LogP contribution in [0.3, 0.4) is 0 Å². The summed E-state index contributed by atoms with van der Waals surface area (Å²) >= 11 is 1.45. The molecule has 1 aromatic rings. The fourth-order valence-electron chi connectivity index (χ4n) is 1.55. The molecule has 0 aliphatic heterocycles. The van der Waals surface area contributed by atoms with E-state index in [4.69, 9.17) is 4.74 Å². The van der Waals surface area contributed by atoms with E-state index in [0.717, 1.165) is 4.88 Å². The molecule has 1 heterocycles. The number of amides is 1. The Morgan fingerprint density at radius 1 is 1.26 bits per heavy atom. The highest BCUT2D eigenvalue weighted by atomic mass is 32.1. The summed E-state index contributed by atoms with van der Waals surface area (Å²) < 4.78 is 9.58. The van der Waals surface area contributed by atoms with E-state index in [-0.39, 0.29) is 18.3 Å². The predicted molar refractivity (Wildman–Crippen MR) is 73.5 cm³/mol. The van der Waals surface area contributed by atoms with Crippen molar-refractivity contribution in [3.8, 4) is 0 Å². The van der Waals surface area contributed by atoms with Crippen molar-refractivity contribution in [1.82, 2.24) is 4.90 Å². The molecule has 0 aliphatic rings. The third kappa shape index (κ3) is 5.00. The molecule has 0 N–H and O–H groups in total. The highest BCUT2D eigenvalue weighted by molar-refractivity contribution is 7.13. The molecule has 1 amide bonds. The second-order valence-corrected chi connectivity index (χ2v) is 5.31. The molecule has 1 rings (SSSR count). The van der Waals surface area contributed by atoms with Crippen molar-refractivity contribution < 1.29 is 19.1 Å². The minimum atomic E-state index is -0.322. The molecule has 106 valence electrons. The van der Waals surface area contributed by atoms with E-state index in [9.17, 15) is 9.59 Å². The van der Waals surface area contributed by atoms with Crippen LogP contribution >= 0.6 is 11.3 Å². The van der Waals surface area contributed by atoms with Crippen LogP contribution in [0.2, 0.25) is 0 Å². The number of rotatable bonds is 7. The van der Waals surface area contributed by atoms with Gasteiger partial charge in [0, 0.05) is 25.1 Å². The lowest BCUT2D eigenvalue weighted by Gasteiger charge is -2.21. The maximum atomic E-state index is 12.3. The summed E-state index contributed by atoms with van der Waals surface area (Å²) in [5.41, 5.74) is 0. The maximum Gasteiger partial charge on any atom is 0.307 e. The fraction of sp³-hybridized carbons (Fsp3) is 0.538. The molecule has 0 atom stereocenters. The highest BCUT2D eigenvalue weighted by Gasteiger charge is 2.18. The van der Waals surface area contributed by atoms with Gasteiger partial charge in [0.05, 0.1) is 25.0 Å². The van der Waals surface area contributed by atoms with E-state index in [1.807, 2.05) is 13.0 Å². The van der Waals surface area contributed by atoms with Crippen LogP contribution in [-0.2, 0) is 14.3 Å². The van der Waals surface area contributed by atoms with Crippen molar-refractivity contribution in [2.75, 3.05) is 33.9 Å². The number of carbonyl (C=O) groups excluding carboxylic acids is 2. The van der Waals surface area contributed by atoms with Gasteiger partial charge in [0.25, 0.3) is 5.91 Å². The first-order valence-corrected chi connectivity index (χ1v) is 6.81. The van der Waals surface area contributed by atoms with Gasteiger partial charge in [-0.2, -0.15) is 0 Å². The van der Waals surface area contributed by atoms with Crippen LogP contribution < -0.4 is 0 Å². The largest absolute Gasteiger partial charge is 0.469 e. The lowest BCUT2D eigenvalue weighted by Crippen LogP contribution is -2.35. The number of ether oxygens (including phenoxy) is 2. The fourth-order valence-corrected chi connectivity index (χ4v) is 2.39. The van der Waals surface area contributed by atoms with E-state index in [1.165, 1.54) is 18.4 Å². The average Bonchev–Trinajstić information content (AvgIpc) is 2.84. The Morgan fingerprint density at radius 2 is 2.00 bits per heavy atom. The summed E-state index contributed by atoms with van der Waals surface area (Å²) in [4.78, 5) is 26.8. The lowest BCUT2D eigenvalue weighted by atomic mass is 10.3. The molecule has 0 fully saturated rings. The molecule has 0 bridgehead atoms. The Balaban J connectivity index is 2.66. The molecule has 6 heteroatoms. The van der Waals surface area contributed by atoms with Crippen LogP contribution in [0.5, 0.6) is 0 Å². The van der Waals surface area contributed by atoms with Crippen molar-refractivity contribution >= 4 is 23.2 Å². The third-order valence-electron chi connectivity index (χ3n) is 2.62. The van der Waals surface area contributed by atoms with Crippen molar-refractivity contribution in [1.29, 1.82) is 0 Å². The first-order chi connectivity index (χ1) is 9.08. The van der Waals surface area contributed by atoms with Gasteiger partial charge in [0.1, 0.15) is 0 Å². The number of nitrogens with zero attached hydrogens (tertiary/aromatic N) is 1. The van der Waals surface area contributed by atoms with Gasteiger partial charge in [-0.3, -0.25) is 9.59 Å². The van der Waals surface area contributed by atoms with Crippen molar-refractivity contribution in [3.05, 3.63) is 21.9 Å². The van der Waals surface area contributed by atoms with Crippen LogP contribution in [0.15, 0.2) is 12.1 Å². The zero-order valence-electron chi connectivity index (χ0n) is 11.5. The molecule has 0 spiro atoms. The molecule has 0 radical (unpaired) electrons. The van der Waals surface area contributed by atoms with Crippen LogP contribution in [0.25, 0.3) is 0 Å². The van der Waals surface area contributed by atoms with Gasteiger partial charge in [0.2, 0.25) is 0 Å². The smallest absolute Gasteiger partial charge is 0.307 e. The van der Waals surface area contributed by atoms with Crippen LogP contribution in [0, 0.1) is 6.92 Å². The summed E-state index contributed by atoms with van der Waals surface area (Å²) in [6.45, 7) is 3.20. The summed E-state index contributed by atoms with van der Waals surface area (Å²) in [5.74, 6) is -0.392. The highest BCUT2D eigenvalue weighted by Crippen LogP contribution is 2.17. The Labute approximate surface area is 117 Å². The second-order valence-electron chi connectivity index (χ2n) is 4.02. The molecule has 1 aromatic heterocycles. The van der Waals surface area contributed by atoms with E-state index in [0.29, 0.717) is 24.6 Å². The normalized spacial score (nSPS) is 10.3. The quantitative estimate of drug-likeness (QED) is 0.716. The van der Waals surface area contributed by atoms with Crippen LogP contribution in [-0.4, -0.2) is 50.7 Å². The van der Waals surface area contributed by atoms with E-state index >= 15 is 0 Å². The molecule has 0 saturated carbocycles. The number of esters is 1. The Kier molecular flexibility index (Phi) is 6.52. The SMILES string of the molecule is COCCN(CCC(=O)OC)C(=O)c1ccc(C)s1. The lowest BCUT2D eigenvalue weighted by molar-refractivity contribution is -0.140. The summed E-state index contributed by atoms with van der Waals surface area (Å²) in [6.07, 6.45) is 0.191. The van der Waals surface area contributed by atoms with Gasteiger partial charge < -0.3 is 14.4 Å². The minimum absolute atomic E-state index is 0.0703. The number of hydrogen-bond acceptors (Lipinski definition) is 5. The average molecular weight is 285 g/mol. The summed E-state index contributed by atoms with van der Waals surface area (Å²) in [6, 6.07) is 3.72. The second kappa shape index (κ2) is 7.91. The van der Waals surface area contributed by atoms with Gasteiger partial charge in [-0.15, -0.1) is 11.3 Å². The first-order valence-electron chi connectivity index (χ1n) is 6.00. The van der Waals surface area contributed by atoms with Crippen molar-refractivity contribution in [2.24, 2.45) is 0 Å². The number of aryl methyl sites for hydroxylation is 1. The molecular weight excluding hydrogens is 266 g/mol.